The molecule has 25 aromatic rings. The molecule has 0 bridgehead atoms. The van der Waals surface area contributed by atoms with Gasteiger partial charge in [0.2, 0.25) is 0 Å². The largest absolute Gasteiger partial charge is 0.461 e. The van der Waals surface area contributed by atoms with Crippen molar-refractivity contribution >= 4 is 186 Å². The van der Waals surface area contributed by atoms with Gasteiger partial charge in [-0.25, -0.2) is 0 Å². The van der Waals surface area contributed by atoms with Gasteiger partial charge in [0, 0.05) is 96.2 Å². The molecule has 132 heavy (non-hydrogen) atoms. The maximum Gasteiger partial charge on any atom is 0.137 e. The fraction of sp³-hybridized carbons (Fsp3) is 0.0159. The van der Waals surface area contributed by atoms with Gasteiger partial charge in [-0.1, -0.05) is 358 Å². The summed E-state index contributed by atoms with van der Waals surface area (Å²) in [6, 6.07) is 170. The predicted molar refractivity (Wildman–Crippen MR) is 556 cm³/mol. The van der Waals surface area contributed by atoms with Crippen molar-refractivity contribution in [2.45, 2.75) is 12.3 Å². The lowest BCUT2D eigenvalue weighted by Gasteiger charge is -2.30. The van der Waals surface area contributed by atoms with Gasteiger partial charge >= 0.3 is 0 Å². The lowest BCUT2D eigenvalue weighted by atomic mass is 9.91. The van der Waals surface area contributed by atoms with Crippen LogP contribution in [0.4, 0.5) is 45.5 Å². The molecule has 3 heterocycles. The van der Waals surface area contributed by atoms with Crippen LogP contribution in [0.3, 0.4) is 0 Å². The highest BCUT2D eigenvalue weighted by Crippen LogP contribution is 2.51. The Labute approximate surface area is 763 Å². The molecule has 1 atom stereocenters. The van der Waals surface area contributed by atoms with Gasteiger partial charge < -0.3 is 28.3 Å². The van der Waals surface area contributed by atoms with Crippen LogP contribution in [0, 0.1) is 0 Å². The van der Waals surface area contributed by atoms with Crippen LogP contribution in [0.5, 0.6) is 5.75 Å². The fourth-order valence-corrected chi connectivity index (χ4v) is 20.5. The number of allylic oxidation sites excluding steroid dienone is 3. The first-order valence-electron chi connectivity index (χ1n) is 45.3. The van der Waals surface area contributed by atoms with Gasteiger partial charge in [0.25, 0.3) is 0 Å². The number of ether oxygens (including phenoxy) is 1. The minimum atomic E-state index is 0.265. The molecule has 6 nitrogen and oxygen atoms in total. The smallest absolute Gasteiger partial charge is 0.137 e. The van der Waals surface area contributed by atoms with Crippen molar-refractivity contribution in [2.24, 2.45) is 0 Å². The van der Waals surface area contributed by atoms with Crippen molar-refractivity contribution in [1.29, 1.82) is 0 Å². The van der Waals surface area contributed by atoms with E-state index in [0.29, 0.717) is 0 Å². The molecule has 2 aliphatic rings. The number of rotatable bonds is 12. The second-order valence-corrected chi connectivity index (χ2v) is 34.4. The molecule has 0 radical (unpaired) electrons. The summed E-state index contributed by atoms with van der Waals surface area (Å²) in [4.78, 5) is 7.13. The van der Waals surface area contributed by atoms with E-state index in [-0.39, 0.29) is 5.92 Å². The van der Waals surface area contributed by atoms with Crippen LogP contribution in [0.1, 0.15) is 17.9 Å². The average Bonchev–Trinajstić information content (AvgIpc) is 1.09. The summed E-state index contributed by atoms with van der Waals surface area (Å²) in [5.41, 5.74) is 21.9. The summed E-state index contributed by atoms with van der Waals surface area (Å²) in [7, 11) is 0. The minimum absolute atomic E-state index is 0.265. The number of hydrogen-bond acceptors (Lipinski definition) is 6. The third kappa shape index (κ3) is 13.8. The summed E-state index contributed by atoms with van der Waals surface area (Å²) < 4.78 is 19.0. The van der Waals surface area contributed by atoms with Crippen molar-refractivity contribution in [3.63, 3.8) is 0 Å². The summed E-state index contributed by atoms with van der Waals surface area (Å²) in [6.45, 7) is 0. The van der Waals surface area contributed by atoms with Crippen LogP contribution in [-0.4, -0.2) is 0 Å². The van der Waals surface area contributed by atoms with E-state index in [1.165, 1.54) is 136 Å². The second-order valence-electron chi connectivity index (χ2n) is 34.4. The maximum absolute atomic E-state index is 6.42. The molecule has 0 amide bonds. The molecule has 620 valence electrons. The Balaban J connectivity index is 0.000000106. The lowest BCUT2D eigenvalue weighted by Crippen LogP contribution is -2.19. The Morgan fingerprint density at radius 2 is 0.553 bits per heavy atom. The highest BCUT2D eigenvalue weighted by molar-refractivity contribution is 6.21. The monoisotopic (exact) mass is 1690 g/mol. The Hall–Kier alpha value is -17.3. The van der Waals surface area contributed by atoms with Crippen molar-refractivity contribution in [1.82, 2.24) is 0 Å². The molecule has 0 saturated carbocycles. The van der Waals surface area contributed by atoms with Gasteiger partial charge in [0.1, 0.15) is 33.8 Å². The number of fused-ring (bicyclic) bond motifs is 24. The Bertz CT molecular complexity index is 8960. The molecule has 0 N–H and O–H groups in total. The van der Waals surface area contributed by atoms with E-state index >= 15 is 0 Å². The quantitative estimate of drug-likeness (QED) is 0.114. The molecule has 0 fully saturated rings. The van der Waals surface area contributed by atoms with E-state index in [1.54, 1.807) is 0 Å². The van der Waals surface area contributed by atoms with E-state index in [9.17, 15) is 0 Å². The summed E-state index contributed by atoms with van der Waals surface area (Å²) in [6.07, 6.45) is 5.51. The van der Waals surface area contributed by atoms with Crippen molar-refractivity contribution in [3.05, 3.63) is 502 Å². The predicted octanol–water partition coefficient (Wildman–Crippen LogP) is 35.7. The number of anilines is 8. The van der Waals surface area contributed by atoms with Crippen LogP contribution in [0.2, 0.25) is 0 Å². The summed E-state index contributed by atoms with van der Waals surface area (Å²) in [5.74, 6) is 2.26. The molecule has 1 aliphatic carbocycles. The van der Waals surface area contributed by atoms with Crippen LogP contribution in [0.25, 0.3) is 174 Å². The number of para-hydroxylation sites is 4. The number of furan rings is 2. The molecule has 1 unspecified atom stereocenters. The Morgan fingerprint density at radius 3 is 1.10 bits per heavy atom. The molecular weight excluding hydrogens is 1600 g/mol. The van der Waals surface area contributed by atoms with Crippen molar-refractivity contribution in [3.8, 4) is 39.1 Å². The standard InChI is InChI=1S/2C42H27NO.C42H29NO/c1-2-10-28(11-3-1)34-14-6-8-16-40(34)43(32-22-25-38-37-15-7-9-17-41(37)44-42(38)27-32)31-21-18-30-20-23-35-33-13-5-4-12-29(33)19-24-36(35)39(30)26-31;1-2-9-28(10-3-1)31-12-8-13-32(25-31)43(34-21-24-42-40(27-34)38-15-6-7-16-41(38)44-42)33-20-17-30-19-22-36-35-14-5-4-11-29(35)18-23-37(36)39(30)26-33;1-2-9-28(10-3-1)31-12-8-13-32(25-31)43(34-21-24-39-38-15-6-7-16-41(38)44-42(39)27-34)33-20-17-30-19-22-36-35-14-5-4-11-29(35)18-23-37(36)40(30)26-33/h2*1-27H;1-23,25-27,39H,24H2. The molecule has 0 spiro atoms. The first-order chi connectivity index (χ1) is 65.4. The van der Waals surface area contributed by atoms with Gasteiger partial charge in [-0.15, -0.1) is 0 Å². The fourth-order valence-electron chi connectivity index (χ4n) is 20.5. The van der Waals surface area contributed by atoms with Gasteiger partial charge in [-0.3, -0.25) is 0 Å². The zero-order chi connectivity index (χ0) is 87.1. The zero-order valence-corrected chi connectivity index (χ0v) is 72.0. The molecule has 6 heteroatoms. The number of nitrogens with zero attached hydrogens (tertiary/aromatic N) is 3. The van der Waals surface area contributed by atoms with Gasteiger partial charge in [0.05, 0.1) is 5.69 Å². The van der Waals surface area contributed by atoms with Crippen LogP contribution >= 0.6 is 0 Å². The van der Waals surface area contributed by atoms with Crippen LogP contribution < -0.4 is 19.4 Å². The van der Waals surface area contributed by atoms with Crippen LogP contribution in [-0.2, 0) is 0 Å². The Morgan fingerprint density at radius 1 is 0.205 bits per heavy atom. The van der Waals surface area contributed by atoms with Gasteiger partial charge in [0.15, 0.2) is 0 Å². The molecule has 1 aliphatic heterocycles. The molecular formula is C126H83N3O3. The molecule has 27 rings (SSSR count). The SMILES string of the molecule is C1=C2Oc3ccccc3C2CC=C1N(c1cccc(-c2ccccc2)c1)c1ccc2ccc3c4ccccc4ccc3c2c1.c1ccc(-c2cccc(N(c3ccc4ccc5c6ccccc6ccc5c4c3)c3ccc4oc5ccccc5c4c3)c2)cc1.c1ccc(-c2ccccc2N(c2ccc3c(c2)oc2ccccc23)c2ccc3ccc4c5ccccc5ccc4c3c2)cc1. The van der Waals surface area contributed by atoms with E-state index in [0.717, 1.165) is 113 Å². The second kappa shape index (κ2) is 32.5. The third-order valence-electron chi connectivity index (χ3n) is 26.8. The minimum Gasteiger partial charge on any atom is -0.461 e. The average molecular weight is 1690 g/mol. The van der Waals surface area contributed by atoms with Crippen molar-refractivity contribution < 1.29 is 13.6 Å². The maximum atomic E-state index is 6.42. The lowest BCUT2D eigenvalue weighted by molar-refractivity contribution is 0.424. The zero-order valence-electron chi connectivity index (χ0n) is 72.0. The van der Waals surface area contributed by atoms with Crippen molar-refractivity contribution in [2.75, 3.05) is 14.7 Å². The third-order valence-corrected chi connectivity index (χ3v) is 26.8. The van der Waals surface area contributed by atoms with E-state index in [1.807, 2.05) is 24.3 Å². The van der Waals surface area contributed by atoms with E-state index in [2.05, 4.69) is 476 Å². The highest BCUT2D eigenvalue weighted by Gasteiger charge is 2.33. The highest BCUT2D eigenvalue weighted by atomic mass is 16.5. The summed E-state index contributed by atoms with van der Waals surface area (Å²) in [5, 5.41) is 27.1. The number of benzene rings is 23. The summed E-state index contributed by atoms with van der Waals surface area (Å²) >= 11 is 0. The van der Waals surface area contributed by atoms with Gasteiger partial charge in [-0.05, 0) is 246 Å². The first-order valence-corrected chi connectivity index (χ1v) is 45.3. The molecule has 2 aromatic heterocycles. The molecule has 0 saturated heterocycles. The van der Waals surface area contributed by atoms with Crippen LogP contribution in [0.15, 0.2) is 506 Å². The first kappa shape index (κ1) is 77.1. The van der Waals surface area contributed by atoms with E-state index in [4.69, 9.17) is 13.6 Å². The normalized spacial score (nSPS) is 12.9. The number of hydrogen-bond donors (Lipinski definition) is 0. The van der Waals surface area contributed by atoms with Gasteiger partial charge in [-0.2, -0.15) is 0 Å². The Kier molecular flexibility index (Phi) is 19.0. The van der Waals surface area contributed by atoms with E-state index < -0.39 is 0 Å². The topological polar surface area (TPSA) is 45.2 Å². The molecule has 23 aromatic carbocycles.